The second kappa shape index (κ2) is 2.46. The molecule has 13 heavy (non-hydrogen) atoms. The van der Waals surface area contributed by atoms with Gasteiger partial charge in [0.15, 0.2) is 0 Å². The Morgan fingerprint density at radius 3 is 3.23 bits per heavy atom. The van der Waals surface area contributed by atoms with Gasteiger partial charge in [0.25, 0.3) is 0 Å². The molecule has 0 amide bonds. The molecule has 0 saturated carbocycles. The molecule has 0 spiro atoms. The van der Waals surface area contributed by atoms with E-state index in [1.54, 1.807) is 0 Å². The maximum absolute atomic E-state index is 4.45. The summed E-state index contributed by atoms with van der Waals surface area (Å²) < 4.78 is 0. The SMILES string of the molecule is C1=CN2CC=NC2c2ccccc21. The highest BCUT2D eigenvalue weighted by Gasteiger charge is 2.24. The zero-order chi connectivity index (χ0) is 8.67. The summed E-state index contributed by atoms with van der Waals surface area (Å²) in [5, 5.41) is 0. The highest BCUT2D eigenvalue weighted by molar-refractivity contribution is 5.67. The van der Waals surface area contributed by atoms with Crippen molar-refractivity contribution in [1.29, 1.82) is 0 Å². The van der Waals surface area contributed by atoms with Gasteiger partial charge in [-0.1, -0.05) is 24.3 Å². The van der Waals surface area contributed by atoms with Gasteiger partial charge in [0.05, 0.1) is 6.54 Å². The molecule has 1 atom stereocenters. The zero-order valence-electron chi connectivity index (χ0n) is 7.22. The first-order valence-electron chi connectivity index (χ1n) is 4.50. The summed E-state index contributed by atoms with van der Waals surface area (Å²) in [6.45, 7) is 0.940. The molecule has 1 aromatic carbocycles. The van der Waals surface area contributed by atoms with Crippen molar-refractivity contribution in [1.82, 2.24) is 4.90 Å². The molecule has 2 aliphatic heterocycles. The topological polar surface area (TPSA) is 15.6 Å². The Bertz CT molecular complexity index is 393. The largest absolute Gasteiger partial charge is 0.347 e. The third-order valence-electron chi connectivity index (χ3n) is 2.57. The normalized spacial score (nSPS) is 23.1. The molecule has 0 bridgehead atoms. The quantitative estimate of drug-likeness (QED) is 0.582. The van der Waals surface area contributed by atoms with Gasteiger partial charge >= 0.3 is 0 Å². The number of nitrogens with zero attached hydrogens (tertiary/aromatic N) is 2. The molecule has 64 valence electrons. The van der Waals surface area contributed by atoms with E-state index in [-0.39, 0.29) is 6.17 Å². The van der Waals surface area contributed by atoms with Crippen LogP contribution >= 0.6 is 0 Å². The number of rotatable bonds is 0. The molecule has 2 heterocycles. The van der Waals surface area contributed by atoms with Crippen molar-refractivity contribution >= 4 is 12.3 Å². The van der Waals surface area contributed by atoms with Crippen molar-refractivity contribution in [2.75, 3.05) is 6.54 Å². The first-order chi connectivity index (χ1) is 6.45. The van der Waals surface area contributed by atoms with Crippen molar-refractivity contribution in [3.63, 3.8) is 0 Å². The van der Waals surface area contributed by atoms with Gasteiger partial charge in [-0.15, -0.1) is 0 Å². The van der Waals surface area contributed by atoms with Gasteiger partial charge in [-0.2, -0.15) is 0 Å². The maximum Gasteiger partial charge on any atom is 0.147 e. The van der Waals surface area contributed by atoms with Gasteiger partial charge in [-0.05, 0) is 11.6 Å². The first-order valence-corrected chi connectivity index (χ1v) is 4.50. The Balaban J connectivity index is 2.17. The zero-order valence-corrected chi connectivity index (χ0v) is 7.22. The summed E-state index contributed by atoms with van der Waals surface area (Å²) >= 11 is 0. The fraction of sp³-hybridized carbons (Fsp3) is 0.182. The molecule has 1 aromatic rings. The van der Waals surface area contributed by atoms with Crippen LogP contribution in [0.15, 0.2) is 35.5 Å². The third kappa shape index (κ3) is 0.917. The summed E-state index contributed by atoms with van der Waals surface area (Å²) in [5.41, 5.74) is 2.61. The molecule has 2 aliphatic rings. The Kier molecular flexibility index (Phi) is 1.30. The van der Waals surface area contributed by atoms with Crippen LogP contribution in [0.1, 0.15) is 17.3 Å². The molecule has 3 rings (SSSR count). The second-order valence-corrected chi connectivity index (χ2v) is 3.35. The summed E-state index contributed by atoms with van der Waals surface area (Å²) in [5.74, 6) is 0. The average Bonchev–Trinajstić information content (AvgIpc) is 2.65. The Hall–Kier alpha value is -1.57. The van der Waals surface area contributed by atoms with Crippen LogP contribution in [0.5, 0.6) is 0 Å². The van der Waals surface area contributed by atoms with E-state index in [0.717, 1.165) is 6.54 Å². The highest BCUT2D eigenvalue weighted by Crippen LogP contribution is 2.32. The van der Waals surface area contributed by atoms with Crippen LogP contribution in [0, 0.1) is 0 Å². The van der Waals surface area contributed by atoms with Crippen molar-refractivity contribution in [3.8, 4) is 0 Å². The third-order valence-corrected chi connectivity index (χ3v) is 2.57. The van der Waals surface area contributed by atoms with Crippen molar-refractivity contribution in [3.05, 3.63) is 41.6 Å². The van der Waals surface area contributed by atoms with Gasteiger partial charge in [-0.3, -0.25) is 4.99 Å². The molecule has 1 unspecified atom stereocenters. The fourth-order valence-corrected chi connectivity index (χ4v) is 1.90. The lowest BCUT2D eigenvalue weighted by atomic mass is 10.0. The minimum atomic E-state index is 0.237. The van der Waals surface area contributed by atoms with E-state index in [1.165, 1.54) is 11.1 Å². The van der Waals surface area contributed by atoms with Crippen LogP contribution in [-0.4, -0.2) is 17.7 Å². The molecule has 2 nitrogen and oxygen atoms in total. The van der Waals surface area contributed by atoms with E-state index >= 15 is 0 Å². The monoisotopic (exact) mass is 170 g/mol. The summed E-state index contributed by atoms with van der Waals surface area (Å²) in [6, 6.07) is 8.43. The smallest absolute Gasteiger partial charge is 0.147 e. The van der Waals surface area contributed by atoms with Gasteiger partial charge in [0, 0.05) is 18.0 Å². The molecule has 0 radical (unpaired) electrons. The van der Waals surface area contributed by atoms with E-state index in [0.29, 0.717) is 0 Å². The Morgan fingerprint density at radius 2 is 2.23 bits per heavy atom. The van der Waals surface area contributed by atoms with E-state index < -0.39 is 0 Å². The van der Waals surface area contributed by atoms with E-state index in [9.17, 15) is 0 Å². The molecule has 2 heteroatoms. The number of aliphatic imine (C=N–C) groups is 1. The molecular formula is C11H10N2. The minimum absolute atomic E-state index is 0.237. The first kappa shape index (κ1) is 6.89. The predicted octanol–water partition coefficient (Wildman–Crippen LogP) is 2.06. The Labute approximate surface area is 77.2 Å². The van der Waals surface area contributed by atoms with Gasteiger partial charge in [0.2, 0.25) is 0 Å². The van der Waals surface area contributed by atoms with Gasteiger partial charge in [-0.25, -0.2) is 0 Å². The number of benzene rings is 1. The molecule has 0 aliphatic carbocycles. The summed E-state index contributed by atoms with van der Waals surface area (Å²) in [6.07, 6.45) is 6.50. The lowest BCUT2D eigenvalue weighted by Gasteiger charge is -2.26. The molecular weight excluding hydrogens is 160 g/mol. The molecule has 0 aromatic heterocycles. The minimum Gasteiger partial charge on any atom is -0.347 e. The Morgan fingerprint density at radius 1 is 1.31 bits per heavy atom. The van der Waals surface area contributed by atoms with E-state index in [4.69, 9.17) is 0 Å². The van der Waals surface area contributed by atoms with Crippen molar-refractivity contribution in [2.45, 2.75) is 6.17 Å². The van der Waals surface area contributed by atoms with Crippen LogP contribution in [0.25, 0.3) is 6.08 Å². The van der Waals surface area contributed by atoms with Crippen LogP contribution in [-0.2, 0) is 0 Å². The average molecular weight is 170 g/mol. The van der Waals surface area contributed by atoms with Crippen LogP contribution in [0.3, 0.4) is 0 Å². The second-order valence-electron chi connectivity index (χ2n) is 3.35. The molecule has 0 saturated heterocycles. The predicted molar refractivity (Wildman–Crippen MR) is 53.4 cm³/mol. The number of hydrogen-bond donors (Lipinski definition) is 0. The fourth-order valence-electron chi connectivity index (χ4n) is 1.90. The lowest BCUT2D eigenvalue weighted by molar-refractivity contribution is 0.350. The maximum atomic E-state index is 4.45. The van der Waals surface area contributed by atoms with Crippen LogP contribution in [0.4, 0.5) is 0 Å². The van der Waals surface area contributed by atoms with Crippen LogP contribution in [0.2, 0.25) is 0 Å². The standard InChI is InChI=1S/C11H10N2/c1-2-4-10-9(3-1)5-7-13-8-6-12-11(10)13/h1-7,11H,8H2. The molecule has 0 N–H and O–H groups in total. The number of hydrogen-bond acceptors (Lipinski definition) is 2. The van der Waals surface area contributed by atoms with E-state index in [1.807, 2.05) is 6.21 Å². The summed E-state index contributed by atoms with van der Waals surface area (Å²) in [7, 11) is 0. The highest BCUT2D eigenvalue weighted by atomic mass is 15.3. The van der Waals surface area contributed by atoms with Crippen LogP contribution < -0.4 is 0 Å². The van der Waals surface area contributed by atoms with Crippen molar-refractivity contribution in [2.24, 2.45) is 4.99 Å². The lowest BCUT2D eigenvalue weighted by Crippen LogP contribution is -2.21. The molecule has 0 fully saturated rings. The van der Waals surface area contributed by atoms with Gasteiger partial charge < -0.3 is 4.90 Å². The number of fused-ring (bicyclic) bond motifs is 3. The summed E-state index contributed by atoms with van der Waals surface area (Å²) in [4.78, 5) is 6.69. The van der Waals surface area contributed by atoms with E-state index in [2.05, 4.69) is 46.4 Å². The van der Waals surface area contributed by atoms with Gasteiger partial charge in [0.1, 0.15) is 6.17 Å². The van der Waals surface area contributed by atoms with Crippen molar-refractivity contribution < 1.29 is 0 Å².